The van der Waals surface area contributed by atoms with Crippen LogP contribution in [0.2, 0.25) is 0 Å². The maximum Gasteiger partial charge on any atom is 0.343 e. The van der Waals surface area contributed by atoms with E-state index in [0.29, 0.717) is 42.1 Å². The molecule has 82 heavy (non-hydrogen) atoms. The number of hydrogen-bond donors (Lipinski definition) is 6. The van der Waals surface area contributed by atoms with Crippen LogP contribution in [-0.2, 0) is 93.8 Å². The fraction of sp³-hybridized carbons (Fsp3) is 0.474. The number of nitrogens with zero attached hydrogens (tertiary/aromatic N) is 4. The summed E-state index contributed by atoms with van der Waals surface area (Å²) in [6.45, 7) is 4.98. The lowest BCUT2D eigenvalue weighted by Gasteiger charge is -2.53. The molecule has 2 bridgehead atoms. The normalized spacial score (nSPS) is 19.9. The minimum atomic E-state index is -1.99. The van der Waals surface area contributed by atoms with Crippen LogP contribution in [0.15, 0.2) is 65.5 Å². The van der Waals surface area contributed by atoms with Gasteiger partial charge >= 0.3 is 5.97 Å². The number of carbonyl (C=O) groups is 8. The Bertz CT molecular complexity index is 3200. The van der Waals surface area contributed by atoms with Gasteiger partial charge < -0.3 is 59.9 Å². The molecule has 1 saturated carbocycles. The summed E-state index contributed by atoms with van der Waals surface area (Å²) in [5.74, 6) is -4.66. The highest BCUT2D eigenvalue weighted by molar-refractivity contribution is 6.12. The van der Waals surface area contributed by atoms with Gasteiger partial charge in [0.15, 0.2) is 5.60 Å². The molecule has 5 aliphatic heterocycles. The highest BCUT2D eigenvalue weighted by atomic mass is 19.1. The molecule has 1 aliphatic carbocycles. The third kappa shape index (κ3) is 13.6. The summed E-state index contributed by atoms with van der Waals surface area (Å²) in [4.78, 5) is 122. The first kappa shape index (κ1) is 58.8. The molecule has 25 heteroatoms. The second-order valence-electron chi connectivity index (χ2n) is 20.8. The standard InChI is InChI=1S/C57H66FN9O15/c1-3-57(77)41-22-45-52-39(30-67(45)55(75)40(41)31-81-56(57)76)38(37-19-33(2)42(58)23-43(37)64-52)29-65-27-35-21-36(28-65)53(35)82-32-62-48(70)25-61-54(74)44(20-34-7-5-4-6-8-34)63-49(71)26-60-47(69)24-59-46(68)11-13-78-15-17-80-18-16-79-14-12-66-50(72)9-10-51(66)73/h4-10,19,22-23,35-36,44,53,77H,3,11-18,20-21,24-32H2,1-2H3,(H,59,68)(H,60,69)(H,61,74)(H,62,70)(H,63,71)/t35?,36?,44?,53?,57-/m0/s1. The van der Waals surface area contributed by atoms with Crippen molar-refractivity contribution in [2.45, 2.75) is 77.0 Å². The van der Waals surface area contributed by atoms with Crippen molar-refractivity contribution in [1.29, 1.82) is 0 Å². The van der Waals surface area contributed by atoms with Crippen LogP contribution in [0.5, 0.6) is 0 Å². The predicted octanol–water partition coefficient (Wildman–Crippen LogP) is -0.121. The number of imide groups is 1. The summed E-state index contributed by atoms with van der Waals surface area (Å²) < 4.78 is 44.3. The smallest absolute Gasteiger partial charge is 0.343 e. The second-order valence-corrected chi connectivity index (χ2v) is 20.8. The minimum Gasteiger partial charge on any atom is -0.458 e. The SMILES string of the molecule is CC[C@@]1(O)C(=O)OCc2c1cc1n(c2=O)Cc2c-1nc1cc(F)c(C)cc1c2CN1CC2CC(C1)C2OCNC(=O)CNC(=O)C(Cc1ccccc1)NC(=O)CNC(=O)CNC(=O)CCOCCOCCOCCN1C(=O)C=CC1=O. The Balaban J connectivity index is 0.683. The Hall–Kier alpha value is -7.81. The Kier molecular flexibility index (Phi) is 18.9. The highest BCUT2D eigenvalue weighted by Gasteiger charge is 2.48. The number of ether oxygens (including phenoxy) is 5. The molecule has 436 valence electrons. The molecule has 6 aliphatic rings. The molecule has 2 aromatic carbocycles. The van der Waals surface area contributed by atoms with Gasteiger partial charge in [0.1, 0.15) is 25.2 Å². The van der Waals surface area contributed by atoms with Gasteiger partial charge in [-0.1, -0.05) is 37.3 Å². The Morgan fingerprint density at radius 2 is 1.48 bits per heavy atom. The van der Waals surface area contributed by atoms with E-state index < -0.39 is 72.6 Å². The molecular formula is C57H66FN9O15. The number of nitrogens with one attached hydrogen (secondary N) is 5. The van der Waals surface area contributed by atoms with E-state index >= 15 is 4.39 Å². The average Bonchev–Trinajstić information content (AvgIpc) is 2.15. The van der Waals surface area contributed by atoms with Gasteiger partial charge in [-0.2, -0.15) is 0 Å². The van der Waals surface area contributed by atoms with Gasteiger partial charge in [-0.05, 0) is 60.4 Å². The lowest BCUT2D eigenvalue weighted by atomic mass is 9.68. The molecule has 6 N–H and O–H groups in total. The third-order valence-electron chi connectivity index (χ3n) is 15.4. The molecule has 2 aromatic heterocycles. The van der Waals surface area contributed by atoms with Crippen molar-refractivity contribution >= 4 is 58.2 Å². The number of aliphatic hydroxyl groups is 1. The number of rotatable bonds is 28. The number of esters is 1. The van der Waals surface area contributed by atoms with Crippen molar-refractivity contribution in [2.24, 2.45) is 11.8 Å². The van der Waals surface area contributed by atoms with Crippen molar-refractivity contribution < 1.29 is 71.5 Å². The highest BCUT2D eigenvalue weighted by Crippen LogP contribution is 2.45. The molecule has 7 amide bonds. The van der Waals surface area contributed by atoms with Crippen molar-refractivity contribution in [2.75, 3.05) is 85.6 Å². The Morgan fingerprint density at radius 3 is 2.20 bits per heavy atom. The largest absolute Gasteiger partial charge is 0.458 e. The molecule has 2 saturated heterocycles. The first-order valence-electron chi connectivity index (χ1n) is 27.3. The van der Waals surface area contributed by atoms with Gasteiger partial charge in [-0.3, -0.25) is 48.2 Å². The van der Waals surface area contributed by atoms with Gasteiger partial charge in [0.25, 0.3) is 17.4 Å². The molecule has 10 rings (SSSR count). The van der Waals surface area contributed by atoms with Crippen LogP contribution in [0.3, 0.4) is 0 Å². The van der Waals surface area contributed by atoms with Crippen LogP contribution in [0.1, 0.15) is 59.6 Å². The van der Waals surface area contributed by atoms with E-state index in [2.05, 4.69) is 31.5 Å². The first-order chi connectivity index (χ1) is 39.5. The van der Waals surface area contributed by atoms with Gasteiger partial charge in [-0.15, -0.1) is 0 Å². The number of carbonyl (C=O) groups excluding carboxylic acids is 8. The molecular weight excluding hydrogens is 1070 g/mol. The van der Waals surface area contributed by atoms with Crippen LogP contribution in [0.25, 0.3) is 22.3 Å². The lowest BCUT2D eigenvalue weighted by molar-refractivity contribution is -0.172. The minimum absolute atomic E-state index is 0.00116. The zero-order valence-electron chi connectivity index (χ0n) is 45.6. The van der Waals surface area contributed by atoms with Crippen LogP contribution >= 0.6 is 0 Å². The van der Waals surface area contributed by atoms with E-state index in [-0.39, 0.29) is 132 Å². The van der Waals surface area contributed by atoms with E-state index in [1.54, 1.807) is 60.9 Å². The average molecular weight is 1140 g/mol. The Morgan fingerprint density at radius 1 is 0.817 bits per heavy atom. The zero-order valence-corrected chi connectivity index (χ0v) is 45.6. The van der Waals surface area contributed by atoms with Crippen LogP contribution in [-0.4, -0.2) is 170 Å². The summed E-state index contributed by atoms with van der Waals surface area (Å²) >= 11 is 0. The van der Waals surface area contributed by atoms with Crippen LogP contribution < -0.4 is 32.1 Å². The number of hydrogen-bond acceptors (Lipinski definition) is 17. The van der Waals surface area contributed by atoms with Crippen molar-refractivity contribution in [3.8, 4) is 11.4 Å². The Labute approximate surface area is 470 Å². The van der Waals surface area contributed by atoms with Crippen molar-refractivity contribution in [3.05, 3.63) is 110 Å². The molecule has 4 atom stereocenters. The molecule has 3 fully saturated rings. The summed E-state index contributed by atoms with van der Waals surface area (Å²) in [5.41, 5.74) is 2.25. The van der Waals surface area contributed by atoms with Gasteiger partial charge in [0.05, 0.1) is 101 Å². The van der Waals surface area contributed by atoms with Gasteiger partial charge in [-0.25, -0.2) is 14.2 Å². The maximum absolute atomic E-state index is 15.1. The number of aromatic nitrogens is 2. The second kappa shape index (κ2) is 26.4. The number of piperidine rings is 2. The maximum atomic E-state index is 15.1. The summed E-state index contributed by atoms with van der Waals surface area (Å²) in [6.07, 6.45) is 3.23. The van der Waals surface area contributed by atoms with E-state index in [9.17, 15) is 48.3 Å². The van der Waals surface area contributed by atoms with Crippen molar-refractivity contribution in [1.82, 2.24) is 45.9 Å². The number of fused-ring (bicyclic) bond motifs is 7. The van der Waals surface area contributed by atoms with Crippen LogP contribution in [0, 0.1) is 24.6 Å². The molecule has 3 unspecified atom stereocenters. The fourth-order valence-corrected chi connectivity index (χ4v) is 10.9. The number of cyclic esters (lactones) is 1. The summed E-state index contributed by atoms with van der Waals surface area (Å²) in [7, 11) is 0. The monoisotopic (exact) mass is 1140 g/mol. The fourth-order valence-electron chi connectivity index (χ4n) is 10.9. The zero-order chi connectivity index (χ0) is 58.1. The number of amides is 7. The van der Waals surface area contributed by atoms with Crippen LogP contribution in [0.4, 0.5) is 4.39 Å². The first-order valence-corrected chi connectivity index (χ1v) is 27.3. The molecule has 24 nitrogen and oxygen atoms in total. The number of halogens is 1. The molecule has 4 aromatic rings. The van der Waals surface area contributed by atoms with E-state index in [1.165, 1.54) is 18.2 Å². The van der Waals surface area contributed by atoms with Gasteiger partial charge in [0.2, 0.25) is 29.5 Å². The molecule has 0 radical (unpaired) electrons. The van der Waals surface area contributed by atoms with Gasteiger partial charge in [0, 0.05) is 67.2 Å². The topological polar surface area (TPSA) is 304 Å². The van der Waals surface area contributed by atoms with E-state index in [0.717, 1.165) is 33.4 Å². The number of pyridine rings is 2. The molecule has 0 spiro atoms. The number of benzene rings is 2. The molecule has 7 heterocycles. The third-order valence-corrected chi connectivity index (χ3v) is 15.4. The summed E-state index contributed by atoms with van der Waals surface area (Å²) in [6, 6.07) is 12.6. The number of aryl methyl sites for hydroxylation is 1. The predicted molar refractivity (Wildman–Crippen MR) is 288 cm³/mol. The van der Waals surface area contributed by atoms with Crippen molar-refractivity contribution in [3.63, 3.8) is 0 Å². The van der Waals surface area contributed by atoms with E-state index in [1.807, 2.05) is 0 Å². The quantitative estimate of drug-likeness (QED) is 0.0165. The summed E-state index contributed by atoms with van der Waals surface area (Å²) in [5, 5.41) is 24.9. The van der Waals surface area contributed by atoms with E-state index in [4.69, 9.17) is 28.7 Å². The lowest BCUT2D eigenvalue weighted by Crippen LogP contribution is -2.59.